The lowest BCUT2D eigenvalue weighted by molar-refractivity contribution is -0.118. The molecule has 1 aromatic carbocycles. The van der Waals surface area contributed by atoms with Crippen LogP contribution in [0.5, 0.6) is 0 Å². The summed E-state index contributed by atoms with van der Waals surface area (Å²) in [6, 6.07) is 9.73. The van der Waals surface area contributed by atoms with Crippen molar-refractivity contribution < 1.29 is 18.0 Å². The Morgan fingerprint density at radius 1 is 1.20 bits per heavy atom. The van der Waals surface area contributed by atoms with Crippen molar-refractivity contribution >= 4 is 17.7 Å². The van der Waals surface area contributed by atoms with Gasteiger partial charge in [-0.3, -0.25) is 9.36 Å². The number of thioether (sulfide) groups is 1. The first-order chi connectivity index (χ1) is 14.6. The molecule has 0 radical (unpaired) electrons. The molecule has 0 bridgehead atoms. The van der Waals surface area contributed by atoms with E-state index in [-0.39, 0.29) is 12.2 Å². The van der Waals surface area contributed by atoms with Crippen molar-refractivity contribution in [2.24, 2.45) is 5.73 Å². The molecule has 0 atom stereocenters. The third-order valence-corrected chi connectivity index (χ3v) is 5.26. The maximum Gasteiger partial charge on any atom is 0.226 e. The van der Waals surface area contributed by atoms with Crippen molar-refractivity contribution in [3.05, 3.63) is 72.0 Å². The predicted molar refractivity (Wildman–Crippen MR) is 107 cm³/mol. The zero-order valence-electron chi connectivity index (χ0n) is 15.8. The van der Waals surface area contributed by atoms with Gasteiger partial charge in [-0.1, -0.05) is 17.8 Å². The Labute approximate surface area is 175 Å². The number of benzene rings is 1. The molecule has 0 saturated carbocycles. The number of carbonyl (C=O) groups excluding carboxylic acids is 1. The van der Waals surface area contributed by atoms with E-state index in [9.17, 15) is 9.18 Å². The van der Waals surface area contributed by atoms with Gasteiger partial charge in [-0.2, -0.15) is 0 Å². The van der Waals surface area contributed by atoms with Crippen LogP contribution in [-0.2, 0) is 23.5 Å². The van der Waals surface area contributed by atoms with Crippen LogP contribution in [0.3, 0.4) is 0 Å². The van der Waals surface area contributed by atoms with Gasteiger partial charge in [0.1, 0.15) is 23.7 Å². The molecule has 3 heterocycles. The number of hydrogen-bond acceptors (Lipinski definition) is 7. The molecule has 0 unspecified atom stereocenters. The standard InChI is InChI=1S/C20H18FN5O3S/c21-14-4-1-3-13(9-14)19-23-15(11-29-19)12-30-20-25-24-18(7-6-17(22)27)26(20)10-16-5-2-8-28-16/h1-5,8-9,11H,6-7,10,12H2,(H2,22,27). The summed E-state index contributed by atoms with van der Waals surface area (Å²) in [7, 11) is 0. The number of amides is 1. The lowest BCUT2D eigenvalue weighted by Gasteiger charge is -2.07. The van der Waals surface area contributed by atoms with E-state index < -0.39 is 5.91 Å². The fourth-order valence-corrected chi connectivity index (χ4v) is 3.66. The van der Waals surface area contributed by atoms with E-state index in [0.29, 0.717) is 46.8 Å². The van der Waals surface area contributed by atoms with Gasteiger partial charge >= 0.3 is 0 Å². The second-order valence-electron chi connectivity index (χ2n) is 6.47. The molecular formula is C20H18FN5O3S. The molecule has 0 fully saturated rings. The number of oxazole rings is 1. The molecule has 0 saturated heterocycles. The molecule has 0 spiro atoms. The monoisotopic (exact) mass is 427 g/mol. The van der Waals surface area contributed by atoms with Crippen molar-refractivity contribution in [2.75, 3.05) is 0 Å². The molecule has 1 amide bonds. The molecule has 4 rings (SSSR count). The van der Waals surface area contributed by atoms with Gasteiger partial charge in [-0.25, -0.2) is 9.37 Å². The Balaban J connectivity index is 1.49. The van der Waals surface area contributed by atoms with E-state index in [4.69, 9.17) is 14.6 Å². The predicted octanol–water partition coefficient (Wildman–Crippen LogP) is 3.42. The second-order valence-corrected chi connectivity index (χ2v) is 7.42. The minimum absolute atomic E-state index is 0.182. The van der Waals surface area contributed by atoms with Crippen LogP contribution >= 0.6 is 11.8 Å². The van der Waals surface area contributed by atoms with Gasteiger partial charge in [-0.15, -0.1) is 10.2 Å². The van der Waals surface area contributed by atoms with Crippen molar-refractivity contribution in [2.45, 2.75) is 30.3 Å². The van der Waals surface area contributed by atoms with E-state index in [2.05, 4.69) is 15.2 Å². The Morgan fingerprint density at radius 3 is 2.87 bits per heavy atom. The first kappa shape index (κ1) is 19.9. The summed E-state index contributed by atoms with van der Waals surface area (Å²) in [5.74, 6) is 1.47. The maximum absolute atomic E-state index is 13.4. The minimum Gasteiger partial charge on any atom is -0.467 e. The highest BCUT2D eigenvalue weighted by atomic mass is 32.2. The third kappa shape index (κ3) is 4.77. The van der Waals surface area contributed by atoms with E-state index in [1.165, 1.54) is 30.2 Å². The normalized spacial score (nSPS) is 11.1. The van der Waals surface area contributed by atoms with Crippen molar-refractivity contribution in [1.82, 2.24) is 19.7 Å². The van der Waals surface area contributed by atoms with Gasteiger partial charge in [0.2, 0.25) is 11.8 Å². The number of nitrogens with zero attached hydrogens (tertiary/aromatic N) is 4. The molecule has 10 heteroatoms. The number of aromatic nitrogens is 4. The molecule has 0 aliphatic rings. The van der Waals surface area contributed by atoms with Crippen LogP contribution in [0.1, 0.15) is 23.7 Å². The van der Waals surface area contributed by atoms with E-state index >= 15 is 0 Å². The number of aryl methyl sites for hydroxylation is 1. The largest absolute Gasteiger partial charge is 0.467 e. The highest BCUT2D eigenvalue weighted by Crippen LogP contribution is 2.26. The fourth-order valence-electron chi connectivity index (χ4n) is 2.83. The van der Waals surface area contributed by atoms with Gasteiger partial charge in [0.05, 0.1) is 18.5 Å². The lowest BCUT2D eigenvalue weighted by atomic mass is 10.2. The summed E-state index contributed by atoms with van der Waals surface area (Å²) in [6.07, 6.45) is 3.70. The molecular weight excluding hydrogens is 409 g/mol. The number of hydrogen-bond donors (Lipinski definition) is 1. The molecule has 154 valence electrons. The van der Waals surface area contributed by atoms with Gasteiger partial charge in [0.15, 0.2) is 5.16 Å². The fraction of sp³-hybridized carbons (Fsp3) is 0.200. The van der Waals surface area contributed by atoms with Gasteiger partial charge in [-0.05, 0) is 30.3 Å². The van der Waals surface area contributed by atoms with Crippen molar-refractivity contribution in [3.63, 3.8) is 0 Å². The van der Waals surface area contributed by atoms with Crippen molar-refractivity contribution in [1.29, 1.82) is 0 Å². The van der Waals surface area contributed by atoms with E-state index in [1.54, 1.807) is 24.5 Å². The average Bonchev–Trinajstić information content (AvgIpc) is 3.47. The molecule has 0 aliphatic heterocycles. The van der Waals surface area contributed by atoms with Crippen LogP contribution in [0.2, 0.25) is 0 Å². The number of primary amides is 1. The smallest absolute Gasteiger partial charge is 0.226 e. The van der Waals surface area contributed by atoms with E-state index in [0.717, 1.165) is 5.76 Å². The molecule has 2 N–H and O–H groups in total. The average molecular weight is 427 g/mol. The quantitative estimate of drug-likeness (QED) is 0.407. The summed E-state index contributed by atoms with van der Waals surface area (Å²) >= 11 is 1.42. The molecule has 4 aromatic rings. The highest BCUT2D eigenvalue weighted by Gasteiger charge is 2.16. The van der Waals surface area contributed by atoms with Crippen LogP contribution in [0.25, 0.3) is 11.5 Å². The van der Waals surface area contributed by atoms with Gasteiger partial charge in [0.25, 0.3) is 0 Å². The summed E-state index contributed by atoms with van der Waals surface area (Å²) in [6.45, 7) is 0.434. The zero-order chi connectivity index (χ0) is 20.9. The van der Waals surface area contributed by atoms with Crippen LogP contribution in [-0.4, -0.2) is 25.7 Å². The lowest BCUT2D eigenvalue weighted by Crippen LogP contribution is -2.14. The number of nitrogens with two attached hydrogens (primary N) is 1. The number of carbonyl (C=O) groups is 1. The second kappa shape index (κ2) is 8.95. The summed E-state index contributed by atoms with van der Waals surface area (Å²) in [5, 5.41) is 9.09. The molecule has 30 heavy (non-hydrogen) atoms. The molecule has 0 aliphatic carbocycles. The van der Waals surface area contributed by atoms with Crippen molar-refractivity contribution in [3.8, 4) is 11.5 Å². The maximum atomic E-state index is 13.4. The highest BCUT2D eigenvalue weighted by molar-refractivity contribution is 7.98. The Morgan fingerprint density at radius 2 is 2.10 bits per heavy atom. The number of furan rings is 1. The van der Waals surface area contributed by atoms with Crippen LogP contribution in [0.4, 0.5) is 4.39 Å². The summed E-state index contributed by atoms with van der Waals surface area (Å²) in [4.78, 5) is 15.6. The summed E-state index contributed by atoms with van der Waals surface area (Å²) < 4.78 is 26.2. The Bertz CT molecular complexity index is 1140. The minimum atomic E-state index is -0.399. The van der Waals surface area contributed by atoms with Crippen LogP contribution in [0, 0.1) is 5.82 Å². The number of rotatable bonds is 9. The Kier molecular flexibility index (Phi) is 5.94. The topological polar surface area (TPSA) is 113 Å². The molecule has 8 nitrogen and oxygen atoms in total. The SMILES string of the molecule is NC(=O)CCc1nnc(SCc2coc(-c3cccc(F)c3)n2)n1Cc1ccco1. The van der Waals surface area contributed by atoms with Crippen LogP contribution in [0.15, 0.2) is 62.9 Å². The molecule has 3 aromatic heterocycles. The first-order valence-electron chi connectivity index (χ1n) is 9.14. The zero-order valence-corrected chi connectivity index (χ0v) is 16.6. The Hall–Kier alpha value is -3.40. The van der Waals surface area contributed by atoms with Gasteiger partial charge < -0.3 is 14.6 Å². The van der Waals surface area contributed by atoms with Crippen LogP contribution < -0.4 is 5.73 Å². The third-order valence-electron chi connectivity index (χ3n) is 4.25. The number of halogens is 1. The van der Waals surface area contributed by atoms with E-state index in [1.807, 2.05) is 10.6 Å². The van der Waals surface area contributed by atoms with Gasteiger partial charge in [0, 0.05) is 24.2 Å². The summed E-state index contributed by atoms with van der Waals surface area (Å²) in [5.41, 5.74) is 6.52. The first-order valence-corrected chi connectivity index (χ1v) is 10.1.